The second kappa shape index (κ2) is 7.13. The van der Waals surface area contributed by atoms with Crippen molar-refractivity contribution in [3.8, 4) is 0 Å². The fourth-order valence-corrected chi connectivity index (χ4v) is 3.58. The lowest BCUT2D eigenvalue weighted by atomic mass is 10.1. The van der Waals surface area contributed by atoms with E-state index in [4.69, 9.17) is 0 Å². The monoisotopic (exact) mass is 304 g/mol. The van der Waals surface area contributed by atoms with E-state index < -0.39 is 0 Å². The molecule has 2 fully saturated rings. The van der Waals surface area contributed by atoms with Crippen molar-refractivity contribution in [3.05, 3.63) is 17.5 Å². The molecule has 0 bridgehead atoms. The summed E-state index contributed by atoms with van der Waals surface area (Å²) in [6, 6.07) is 0.703. The Labute approximate surface area is 133 Å². The van der Waals surface area contributed by atoms with E-state index in [2.05, 4.69) is 37.2 Å². The standard InChI is InChI=1S/C16H28N6/c1-13-14(11-19-20-13)10-18-16(17-2)22-9-6-15(12-22)21-7-4-3-5-8-21/h11,15H,3-10,12H2,1-2H3,(H,17,18)(H,19,20). The van der Waals surface area contributed by atoms with E-state index >= 15 is 0 Å². The Morgan fingerprint density at radius 3 is 2.86 bits per heavy atom. The zero-order valence-electron chi connectivity index (χ0n) is 13.8. The van der Waals surface area contributed by atoms with Gasteiger partial charge >= 0.3 is 0 Å². The third-order valence-electron chi connectivity index (χ3n) is 4.95. The molecule has 1 aromatic rings. The van der Waals surface area contributed by atoms with Crippen molar-refractivity contribution in [2.45, 2.75) is 45.2 Å². The van der Waals surface area contributed by atoms with Gasteiger partial charge in [-0.25, -0.2) is 0 Å². The van der Waals surface area contributed by atoms with Crippen LogP contribution in [0.15, 0.2) is 11.2 Å². The van der Waals surface area contributed by atoms with Gasteiger partial charge in [-0.1, -0.05) is 6.42 Å². The van der Waals surface area contributed by atoms with Gasteiger partial charge in [0.15, 0.2) is 5.96 Å². The molecule has 6 heteroatoms. The number of aromatic amines is 1. The van der Waals surface area contributed by atoms with Gasteiger partial charge < -0.3 is 10.2 Å². The lowest BCUT2D eigenvalue weighted by Crippen LogP contribution is -2.44. The molecule has 1 unspecified atom stereocenters. The van der Waals surface area contributed by atoms with E-state index in [1.54, 1.807) is 0 Å². The molecule has 2 saturated heterocycles. The molecule has 2 aliphatic heterocycles. The van der Waals surface area contributed by atoms with Crippen molar-refractivity contribution >= 4 is 5.96 Å². The van der Waals surface area contributed by atoms with Crippen LogP contribution >= 0.6 is 0 Å². The van der Waals surface area contributed by atoms with Gasteiger partial charge in [-0.15, -0.1) is 0 Å². The molecule has 1 aromatic heterocycles. The van der Waals surface area contributed by atoms with Crippen LogP contribution in [0.4, 0.5) is 0 Å². The highest BCUT2D eigenvalue weighted by Crippen LogP contribution is 2.20. The number of rotatable bonds is 3. The minimum absolute atomic E-state index is 0.703. The summed E-state index contributed by atoms with van der Waals surface area (Å²) in [6.07, 6.45) is 7.27. The molecule has 0 aromatic carbocycles. The maximum atomic E-state index is 4.46. The Balaban J connectivity index is 1.52. The summed E-state index contributed by atoms with van der Waals surface area (Å²) >= 11 is 0. The third kappa shape index (κ3) is 3.43. The molecule has 3 heterocycles. The smallest absolute Gasteiger partial charge is 0.193 e. The zero-order chi connectivity index (χ0) is 15.4. The summed E-state index contributed by atoms with van der Waals surface area (Å²) in [7, 11) is 1.87. The van der Waals surface area contributed by atoms with Gasteiger partial charge in [0.2, 0.25) is 0 Å². The number of hydrogen-bond acceptors (Lipinski definition) is 3. The SMILES string of the molecule is CN=C(NCc1cn[nH]c1C)N1CCC(N2CCCCC2)C1. The second-order valence-corrected chi connectivity index (χ2v) is 6.41. The molecular formula is C16H28N6. The summed E-state index contributed by atoms with van der Waals surface area (Å²) in [4.78, 5) is 9.54. The van der Waals surface area contributed by atoms with Crippen LogP contribution in [0.25, 0.3) is 0 Å². The highest BCUT2D eigenvalue weighted by molar-refractivity contribution is 5.80. The van der Waals surface area contributed by atoms with Crippen molar-refractivity contribution in [1.82, 2.24) is 25.3 Å². The first-order valence-corrected chi connectivity index (χ1v) is 8.46. The van der Waals surface area contributed by atoms with Crippen molar-refractivity contribution in [2.24, 2.45) is 4.99 Å². The normalized spacial score (nSPS) is 24.0. The molecule has 2 aliphatic rings. The van der Waals surface area contributed by atoms with Gasteiger partial charge in [0, 0.05) is 44.0 Å². The Morgan fingerprint density at radius 2 is 2.18 bits per heavy atom. The number of hydrogen-bond donors (Lipinski definition) is 2. The van der Waals surface area contributed by atoms with Gasteiger partial charge in [0.1, 0.15) is 0 Å². The molecular weight excluding hydrogens is 276 g/mol. The quantitative estimate of drug-likeness (QED) is 0.654. The van der Waals surface area contributed by atoms with Crippen LogP contribution in [0.2, 0.25) is 0 Å². The summed E-state index contributed by atoms with van der Waals surface area (Å²) in [5, 5.41) is 10.5. The van der Waals surface area contributed by atoms with Crippen LogP contribution in [0.5, 0.6) is 0 Å². The van der Waals surface area contributed by atoms with Crippen LogP contribution in [-0.4, -0.2) is 65.2 Å². The molecule has 2 N–H and O–H groups in total. The van der Waals surface area contributed by atoms with Gasteiger partial charge in [0.05, 0.1) is 6.20 Å². The molecule has 0 radical (unpaired) electrons. The molecule has 0 aliphatic carbocycles. The Kier molecular flexibility index (Phi) is 4.97. The topological polar surface area (TPSA) is 59.6 Å². The average Bonchev–Trinajstić information content (AvgIpc) is 3.19. The molecule has 22 heavy (non-hydrogen) atoms. The predicted molar refractivity (Wildman–Crippen MR) is 88.9 cm³/mol. The van der Waals surface area contributed by atoms with Crippen molar-refractivity contribution < 1.29 is 0 Å². The Hall–Kier alpha value is -1.56. The minimum Gasteiger partial charge on any atom is -0.352 e. The second-order valence-electron chi connectivity index (χ2n) is 6.41. The number of aliphatic imine (C=N–C) groups is 1. The fourth-order valence-electron chi connectivity index (χ4n) is 3.58. The van der Waals surface area contributed by atoms with E-state index in [0.717, 1.165) is 31.3 Å². The fraction of sp³-hybridized carbons (Fsp3) is 0.750. The van der Waals surface area contributed by atoms with Crippen molar-refractivity contribution in [3.63, 3.8) is 0 Å². The summed E-state index contributed by atoms with van der Waals surface area (Å²) in [5.41, 5.74) is 2.32. The Bertz CT molecular complexity index is 502. The zero-order valence-corrected chi connectivity index (χ0v) is 13.8. The van der Waals surface area contributed by atoms with Gasteiger partial charge in [-0.05, 0) is 39.3 Å². The lowest BCUT2D eigenvalue weighted by Gasteiger charge is -2.32. The van der Waals surface area contributed by atoms with E-state index in [-0.39, 0.29) is 0 Å². The van der Waals surface area contributed by atoms with Gasteiger partial charge in [-0.2, -0.15) is 5.10 Å². The molecule has 122 valence electrons. The molecule has 0 saturated carbocycles. The van der Waals surface area contributed by atoms with E-state index in [0.29, 0.717) is 6.04 Å². The Morgan fingerprint density at radius 1 is 1.36 bits per heavy atom. The molecule has 6 nitrogen and oxygen atoms in total. The van der Waals surface area contributed by atoms with Crippen molar-refractivity contribution in [1.29, 1.82) is 0 Å². The van der Waals surface area contributed by atoms with Gasteiger partial charge in [-0.3, -0.25) is 15.0 Å². The first kappa shape index (κ1) is 15.3. The van der Waals surface area contributed by atoms with E-state index in [1.807, 2.05) is 13.2 Å². The largest absolute Gasteiger partial charge is 0.352 e. The maximum Gasteiger partial charge on any atom is 0.193 e. The number of nitrogens with one attached hydrogen (secondary N) is 2. The number of nitrogens with zero attached hydrogens (tertiary/aromatic N) is 4. The maximum absolute atomic E-state index is 4.46. The summed E-state index contributed by atoms with van der Waals surface area (Å²) < 4.78 is 0. The average molecular weight is 304 g/mol. The van der Waals surface area contributed by atoms with E-state index in [9.17, 15) is 0 Å². The summed E-state index contributed by atoms with van der Waals surface area (Å²) in [6.45, 7) is 7.58. The first-order valence-electron chi connectivity index (χ1n) is 8.46. The first-order chi connectivity index (χ1) is 10.8. The molecule has 3 rings (SSSR count). The summed E-state index contributed by atoms with van der Waals surface area (Å²) in [5.74, 6) is 1.01. The van der Waals surface area contributed by atoms with Crippen LogP contribution in [0.3, 0.4) is 0 Å². The van der Waals surface area contributed by atoms with Crippen LogP contribution in [-0.2, 0) is 6.54 Å². The number of piperidine rings is 1. The molecule has 0 spiro atoms. The molecule has 1 atom stereocenters. The number of likely N-dealkylation sites (tertiary alicyclic amines) is 2. The van der Waals surface area contributed by atoms with Gasteiger partial charge in [0.25, 0.3) is 0 Å². The lowest BCUT2D eigenvalue weighted by molar-refractivity contribution is 0.168. The number of aromatic nitrogens is 2. The minimum atomic E-state index is 0.703. The highest BCUT2D eigenvalue weighted by Gasteiger charge is 2.29. The van der Waals surface area contributed by atoms with Crippen molar-refractivity contribution in [2.75, 3.05) is 33.2 Å². The number of H-pyrrole nitrogens is 1. The number of guanidine groups is 1. The number of aryl methyl sites for hydroxylation is 1. The van der Waals surface area contributed by atoms with E-state index in [1.165, 1.54) is 44.3 Å². The van der Waals surface area contributed by atoms with Crippen LogP contribution in [0.1, 0.15) is 36.9 Å². The predicted octanol–water partition coefficient (Wildman–Crippen LogP) is 1.35. The third-order valence-corrected chi connectivity index (χ3v) is 4.95. The molecule has 0 amide bonds. The van der Waals surface area contributed by atoms with Crippen LogP contribution in [0, 0.1) is 6.92 Å². The van der Waals surface area contributed by atoms with Crippen LogP contribution < -0.4 is 5.32 Å². The highest BCUT2D eigenvalue weighted by atomic mass is 15.3.